The molecule has 3 nitrogen and oxygen atoms in total. The van der Waals surface area contributed by atoms with Gasteiger partial charge in [0.1, 0.15) is 0 Å². The zero-order chi connectivity index (χ0) is 11.3. The van der Waals surface area contributed by atoms with Crippen molar-refractivity contribution in [2.45, 2.75) is 52.0 Å². The molecule has 0 atom stereocenters. The van der Waals surface area contributed by atoms with Crippen molar-refractivity contribution in [3.8, 4) is 0 Å². The van der Waals surface area contributed by atoms with Crippen LogP contribution in [-0.4, -0.2) is 24.5 Å². The first-order chi connectivity index (χ1) is 6.97. The van der Waals surface area contributed by atoms with Gasteiger partial charge in [-0.3, -0.25) is 4.79 Å². The second kappa shape index (κ2) is 5.50. The van der Waals surface area contributed by atoms with Crippen LogP contribution in [-0.2, 0) is 4.79 Å². The predicted molar refractivity (Wildman–Crippen MR) is 62.7 cm³/mol. The van der Waals surface area contributed by atoms with E-state index in [-0.39, 0.29) is 11.4 Å². The Labute approximate surface area is 93.0 Å². The Bertz CT molecular complexity index is 204. The van der Waals surface area contributed by atoms with Crippen molar-refractivity contribution in [1.82, 2.24) is 10.6 Å². The van der Waals surface area contributed by atoms with Crippen LogP contribution in [0.15, 0.2) is 0 Å². The topological polar surface area (TPSA) is 41.1 Å². The molecule has 1 amide bonds. The Morgan fingerprint density at radius 2 is 2.00 bits per heavy atom. The van der Waals surface area contributed by atoms with Crippen LogP contribution >= 0.6 is 0 Å². The summed E-state index contributed by atoms with van der Waals surface area (Å²) in [5.74, 6) is 1.01. The van der Waals surface area contributed by atoms with Crippen LogP contribution in [0.5, 0.6) is 0 Å². The Balaban J connectivity index is 1.96. The van der Waals surface area contributed by atoms with Crippen molar-refractivity contribution in [2.24, 2.45) is 5.92 Å². The molecule has 0 saturated heterocycles. The standard InChI is InChI=1S/C12H24N2O/c1-12(2,3)14-11(15)9-13-8-7-10-5-4-6-10/h10,13H,4-9H2,1-3H3,(H,14,15). The van der Waals surface area contributed by atoms with Gasteiger partial charge in [0, 0.05) is 5.54 Å². The van der Waals surface area contributed by atoms with Gasteiger partial charge in [-0.15, -0.1) is 0 Å². The van der Waals surface area contributed by atoms with Crippen LogP contribution < -0.4 is 10.6 Å². The lowest BCUT2D eigenvalue weighted by Gasteiger charge is -2.25. The lowest BCUT2D eigenvalue weighted by atomic mass is 9.83. The molecule has 0 radical (unpaired) electrons. The summed E-state index contributed by atoms with van der Waals surface area (Å²) >= 11 is 0. The highest BCUT2D eigenvalue weighted by Gasteiger charge is 2.17. The van der Waals surface area contributed by atoms with E-state index in [1.165, 1.54) is 25.7 Å². The molecule has 0 spiro atoms. The van der Waals surface area contributed by atoms with E-state index in [1.54, 1.807) is 0 Å². The third-order valence-electron chi connectivity index (χ3n) is 2.75. The number of nitrogens with one attached hydrogen (secondary N) is 2. The molecule has 0 heterocycles. The molecule has 88 valence electrons. The summed E-state index contributed by atoms with van der Waals surface area (Å²) < 4.78 is 0. The molecule has 0 aliphatic heterocycles. The first-order valence-electron chi connectivity index (χ1n) is 5.99. The summed E-state index contributed by atoms with van der Waals surface area (Å²) in [7, 11) is 0. The quantitative estimate of drug-likeness (QED) is 0.681. The van der Waals surface area contributed by atoms with E-state index in [4.69, 9.17) is 0 Å². The average Bonchev–Trinajstić information content (AvgIpc) is 1.96. The summed E-state index contributed by atoms with van der Waals surface area (Å²) in [5, 5.41) is 6.13. The summed E-state index contributed by atoms with van der Waals surface area (Å²) in [6, 6.07) is 0. The largest absolute Gasteiger partial charge is 0.350 e. The average molecular weight is 212 g/mol. The first kappa shape index (κ1) is 12.5. The van der Waals surface area contributed by atoms with Crippen LogP contribution in [0.3, 0.4) is 0 Å². The molecule has 1 saturated carbocycles. The van der Waals surface area contributed by atoms with Crippen molar-refractivity contribution in [3.63, 3.8) is 0 Å². The summed E-state index contributed by atoms with van der Waals surface area (Å²) in [5.41, 5.74) is -0.118. The number of carbonyl (C=O) groups excluding carboxylic acids is 1. The number of carbonyl (C=O) groups is 1. The van der Waals surface area contributed by atoms with Crippen LogP contribution in [0.4, 0.5) is 0 Å². The van der Waals surface area contributed by atoms with Gasteiger partial charge in [-0.05, 0) is 39.7 Å². The predicted octanol–water partition coefficient (Wildman–Crippen LogP) is 1.68. The minimum absolute atomic E-state index is 0.0936. The number of hydrogen-bond donors (Lipinski definition) is 2. The van der Waals surface area contributed by atoms with E-state index < -0.39 is 0 Å². The Hall–Kier alpha value is -0.570. The Morgan fingerprint density at radius 3 is 2.47 bits per heavy atom. The molecule has 15 heavy (non-hydrogen) atoms. The fourth-order valence-electron chi connectivity index (χ4n) is 1.75. The lowest BCUT2D eigenvalue weighted by molar-refractivity contribution is -0.121. The zero-order valence-corrected chi connectivity index (χ0v) is 10.2. The highest BCUT2D eigenvalue weighted by Crippen LogP contribution is 2.28. The first-order valence-corrected chi connectivity index (χ1v) is 5.99. The molecule has 1 fully saturated rings. The molecular weight excluding hydrogens is 188 g/mol. The van der Waals surface area contributed by atoms with Crippen molar-refractivity contribution >= 4 is 5.91 Å². The summed E-state index contributed by atoms with van der Waals surface area (Å²) in [4.78, 5) is 11.4. The molecule has 1 aliphatic rings. The van der Waals surface area contributed by atoms with Gasteiger partial charge in [0.2, 0.25) is 5.91 Å². The molecule has 2 N–H and O–H groups in total. The molecule has 0 aromatic carbocycles. The van der Waals surface area contributed by atoms with Gasteiger partial charge in [-0.25, -0.2) is 0 Å². The smallest absolute Gasteiger partial charge is 0.234 e. The van der Waals surface area contributed by atoms with Crippen LogP contribution in [0.2, 0.25) is 0 Å². The maximum atomic E-state index is 11.4. The Morgan fingerprint density at radius 1 is 1.33 bits per heavy atom. The van der Waals surface area contributed by atoms with Crippen molar-refractivity contribution in [1.29, 1.82) is 0 Å². The zero-order valence-electron chi connectivity index (χ0n) is 10.2. The molecule has 0 bridgehead atoms. The SMILES string of the molecule is CC(C)(C)NC(=O)CNCCC1CCC1. The van der Waals surface area contributed by atoms with E-state index in [0.29, 0.717) is 6.54 Å². The molecule has 3 heteroatoms. The van der Waals surface area contributed by atoms with Gasteiger partial charge in [-0.2, -0.15) is 0 Å². The number of hydrogen-bond acceptors (Lipinski definition) is 2. The molecule has 0 aromatic rings. The van der Waals surface area contributed by atoms with Gasteiger partial charge in [0.05, 0.1) is 6.54 Å². The molecule has 0 aromatic heterocycles. The third kappa shape index (κ3) is 5.78. The van der Waals surface area contributed by atoms with Gasteiger partial charge >= 0.3 is 0 Å². The third-order valence-corrected chi connectivity index (χ3v) is 2.75. The highest BCUT2D eigenvalue weighted by molar-refractivity contribution is 5.78. The number of rotatable bonds is 5. The van der Waals surface area contributed by atoms with Gasteiger partial charge < -0.3 is 10.6 Å². The molecule has 1 rings (SSSR count). The van der Waals surface area contributed by atoms with Crippen molar-refractivity contribution < 1.29 is 4.79 Å². The maximum absolute atomic E-state index is 11.4. The van der Waals surface area contributed by atoms with Gasteiger partial charge in [0.15, 0.2) is 0 Å². The van der Waals surface area contributed by atoms with Gasteiger partial charge in [0.25, 0.3) is 0 Å². The van der Waals surface area contributed by atoms with Crippen LogP contribution in [0.1, 0.15) is 46.5 Å². The minimum atomic E-state index is -0.118. The molecule has 1 aliphatic carbocycles. The second-order valence-corrected chi connectivity index (χ2v) is 5.56. The fraction of sp³-hybridized carbons (Fsp3) is 0.917. The lowest BCUT2D eigenvalue weighted by Crippen LogP contribution is -2.45. The van der Waals surface area contributed by atoms with Crippen molar-refractivity contribution in [3.05, 3.63) is 0 Å². The fourth-order valence-corrected chi connectivity index (χ4v) is 1.75. The summed E-state index contributed by atoms with van der Waals surface area (Å²) in [6.07, 6.45) is 5.39. The normalized spacial score (nSPS) is 17.3. The van der Waals surface area contributed by atoms with E-state index in [1.807, 2.05) is 20.8 Å². The van der Waals surface area contributed by atoms with E-state index in [9.17, 15) is 4.79 Å². The van der Waals surface area contributed by atoms with E-state index in [2.05, 4.69) is 10.6 Å². The maximum Gasteiger partial charge on any atom is 0.234 e. The Kier molecular flexibility index (Phi) is 4.58. The van der Waals surface area contributed by atoms with E-state index in [0.717, 1.165) is 12.5 Å². The molecule has 0 unspecified atom stereocenters. The highest BCUT2D eigenvalue weighted by atomic mass is 16.2. The van der Waals surface area contributed by atoms with Crippen molar-refractivity contribution in [2.75, 3.05) is 13.1 Å². The van der Waals surface area contributed by atoms with Gasteiger partial charge in [-0.1, -0.05) is 19.3 Å². The number of amides is 1. The van der Waals surface area contributed by atoms with Crippen LogP contribution in [0.25, 0.3) is 0 Å². The summed E-state index contributed by atoms with van der Waals surface area (Å²) in [6.45, 7) is 7.42. The second-order valence-electron chi connectivity index (χ2n) is 5.56. The minimum Gasteiger partial charge on any atom is -0.350 e. The van der Waals surface area contributed by atoms with Crippen LogP contribution in [0, 0.1) is 5.92 Å². The monoisotopic (exact) mass is 212 g/mol. The molecular formula is C12H24N2O. The van der Waals surface area contributed by atoms with E-state index >= 15 is 0 Å².